The largest absolute Gasteiger partial charge is 0.417 e. The average Bonchev–Trinajstić information content (AvgIpc) is 3.04. The van der Waals surface area contributed by atoms with E-state index in [1.165, 1.54) is 0 Å². The summed E-state index contributed by atoms with van der Waals surface area (Å²) in [7, 11) is 5.77. The van der Waals surface area contributed by atoms with Crippen molar-refractivity contribution in [2.75, 3.05) is 52.2 Å². The molecule has 1 aromatic rings. The highest BCUT2D eigenvalue weighted by Gasteiger charge is 2.33. The van der Waals surface area contributed by atoms with Crippen molar-refractivity contribution < 1.29 is 13.2 Å². The predicted octanol–water partition coefficient (Wildman–Crippen LogP) is 2.45. The first-order valence-electron chi connectivity index (χ1n) is 8.80. The van der Waals surface area contributed by atoms with Crippen LogP contribution in [0.4, 0.5) is 19.0 Å². The summed E-state index contributed by atoms with van der Waals surface area (Å²) in [4.78, 5) is 12.2. The van der Waals surface area contributed by atoms with Gasteiger partial charge >= 0.3 is 6.18 Å². The first-order chi connectivity index (χ1) is 12.7. The van der Waals surface area contributed by atoms with Gasteiger partial charge in [0.05, 0.1) is 10.6 Å². The highest BCUT2D eigenvalue weighted by molar-refractivity contribution is 6.33. The molecule has 1 atom stereocenters. The normalized spacial score (nSPS) is 18.3. The average molecular weight is 407 g/mol. The second-order valence-electron chi connectivity index (χ2n) is 6.76. The lowest BCUT2D eigenvalue weighted by Gasteiger charge is -2.21. The first kappa shape index (κ1) is 21.6. The van der Waals surface area contributed by atoms with E-state index in [2.05, 4.69) is 25.5 Å². The Hall–Kier alpha value is -1.74. The summed E-state index contributed by atoms with van der Waals surface area (Å²) >= 11 is 6.04. The van der Waals surface area contributed by atoms with Gasteiger partial charge in [-0.3, -0.25) is 4.99 Å². The Labute approximate surface area is 162 Å². The van der Waals surface area contributed by atoms with Crippen molar-refractivity contribution in [3.63, 3.8) is 0 Å². The van der Waals surface area contributed by atoms with Crippen LogP contribution in [0.5, 0.6) is 0 Å². The predicted molar refractivity (Wildman–Crippen MR) is 103 cm³/mol. The molecule has 1 fully saturated rings. The Morgan fingerprint density at radius 1 is 1.44 bits per heavy atom. The molecule has 152 valence electrons. The summed E-state index contributed by atoms with van der Waals surface area (Å²) in [6.45, 7) is 3.05. The van der Waals surface area contributed by atoms with E-state index in [-0.39, 0.29) is 11.1 Å². The molecular weight excluding hydrogens is 381 g/mol. The van der Waals surface area contributed by atoms with E-state index in [1.807, 2.05) is 19.0 Å². The first-order valence-corrected chi connectivity index (χ1v) is 9.18. The highest BCUT2D eigenvalue weighted by Crippen LogP contribution is 2.34. The number of halogens is 4. The van der Waals surface area contributed by atoms with Gasteiger partial charge in [0.1, 0.15) is 5.82 Å². The number of rotatable bonds is 6. The second-order valence-corrected chi connectivity index (χ2v) is 7.17. The van der Waals surface area contributed by atoms with Gasteiger partial charge in [-0.05, 0) is 39.5 Å². The molecule has 6 nitrogen and oxygen atoms in total. The van der Waals surface area contributed by atoms with Gasteiger partial charge in [0.25, 0.3) is 0 Å². The van der Waals surface area contributed by atoms with Crippen LogP contribution in [0.1, 0.15) is 18.4 Å². The molecule has 1 saturated heterocycles. The van der Waals surface area contributed by atoms with E-state index >= 15 is 0 Å². The summed E-state index contributed by atoms with van der Waals surface area (Å²) in [5.41, 5.74) is -0.840. The van der Waals surface area contributed by atoms with Crippen LogP contribution in [-0.2, 0) is 6.18 Å². The third-order valence-corrected chi connectivity index (χ3v) is 4.55. The standard InChI is InChI=1S/C17H26ClF3N6/c1-22-16(23-6-4-7-26(2)3)25-13-5-8-27(11-13)15-14(18)9-12(10-24-15)17(19,20)21/h9-10,13H,4-8,11H2,1-3H3,(H2,22,23,25). The van der Waals surface area contributed by atoms with Gasteiger partial charge in [-0.15, -0.1) is 0 Å². The topological polar surface area (TPSA) is 55.8 Å². The highest BCUT2D eigenvalue weighted by atomic mass is 35.5. The number of nitrogens with zero attached hydrogens (tertiary/aromatic N) is 4. The Bertz CT molecular complexity index is 650. The van der Waals surface area contributed by atoms with Crippen LogP contribution in [0, 0.1) is 0 Å². The molecule has 2 heterocycles. The molecule has 1 aromatic heterocycles. The molecule has 1 aliphatic rings. The number of aliphatic imine (C=N–C) groups is 1. The smallest absolute Gasteiger partial charge is 0.356 e. The molecule has 0 amide bonds. The quantitative estimate of drug-likeness (QED) is 0.432. The molecule has 0 saturated carbocycles. The Balaban J connectivity index is 1.89. The van der Waals surface area contributed by atoms with Crippen molar-refractivity contribution in [1.29, 1.82) is 0 Å². The summed E-state index contributed by atoms with van der Waals surface area (Å²) in [6, 6.07) is 1.04. The fraction of sp³-hybridized carbons (Fsp3) is 0.647. The monoisotopic (exact) mass is 406 g/mol. The third kappa shape index (κ3) is 6.42. The minimum Gasteiger partial charge on any atom is -0.356 e. The molecule has 10 heteroatoms. The number of alkyl halides is 3. The van der Waals surface area contributed by atoms with Gasteiger partial charge in [0, 0.05) is 38.9 Å². The maximum atomic E-state index is 12.7. The Morgan fingerprint density at radius 2 is 2.19 bits per heavy atom. The molecular formula is C17H26ClF3N6. The Kier molecular flexibility index (Phi) is 7.55. The van der Waals surface area contributed by atoms with E-state index in [4.69, 9.17) is 11.6 Å². The van der Waals surface area contributed by atoms with Gasteiger partial charge in [-0.25, -0.2) is 4.98 Å². The molecule has 0 aromatic carbocycles. The molecule has 2 rings (SSSR count). The lowest BCUT2D eigenvalue weighted by Crippen LogP contribution is -2.45. The summed E-state index contributed by atoms with van der Waals surface area (Å²) in [6.07, 6.45) is -1.81. The lowest BCUT2D eigenvalue weighted by molar-refractivity contribution is -0.137. The molecule has 1 aliphatic heterocycles. The number of anilines is 1. The SMILES string of the molecule is CN=C(NCCCN(C)C)NC1CCN(c2ncc(C(F)(F)F)cc2Cl)C1. The van der Waals surface area contributed by atoms with E-state index in [9.17, 15) is 13.2 Å². The zero-order valence-corrected chi connectivity index (χ0v) is 16.5. The zero-order valence-electron chi connectivity index (χ0n) is 15.8. The fourth-order valence-electron chi connectivity index (χ4n) is 2.88. The van der Waals surface area contributed by atoms with Crippen LogP contribution in [0.3, 0.4) is 0 Å². The van der Waals surface area contributed by atoms with E-state index in [0.29, 0.717) is 24.9 Å². The molecule has 0 radical (unpaired) electrons. The number of aromatic nitrogens is 1. The lowest BCUT2D eigenvalue weighted by atomic mass is 10.2. The maximum absolute atomic E-state index is 12.7. The molecule has 27 heavy (non-hydrogen) atoms. The second kappa shape index (κ2) is 9.45. The van der Waals surface area contributed by atoms with Crippen molar-refractivity contribution in [3.05, 3.63) is 22.8 Å². The third-order valence-electron chi connectivity index (χ3n) is 4.28. The fourth-order valence-corrected chi connectivity index (χ4v) is 3.16. The van der Waals surface area contributed by atoms with E-state index in [1.54, 1.807) is 7.05 Å². The van der Waals surface area contributed by atoms with Crippen molar-refractivity contribution >= 4 is 23.4 Å². The minimum atomic E-state index is -4.45. The molecule has 0 aliphatic carbocycles. The maximum Gasteiger partial charge on any atom is 0.417 e. The van der Waals surface area contributed by atoms with Crippen LogP contribution in [0.15, 0.2) is 17.3 Å². The number of hydrogen-bond acceptors (Lipinski definition) is 4. The van der Waals surface area contributed by atoms with Gasteiger partial charge < -0.3 is 20.4 Å². The van der Waals surface area contributed by atoms with Gasteiger partial charge in [0.2, 0.25) is 0 Å². The molecule has 0 spiro atoms. The number of guanidine groups is 1. The van der Waals surface area contributed by atoms with Gasteiger partial charge in [-0.2, -0.15) is 13.2 Å². The zero-order chi connectivity index (χ0) is 20.0. The van der Waals surface area contributed by atoms with Crippen molar-refractivity contribution in [3.8, 4) is 0 Å². The van der Waals surface area contributed by atoms with Crippen molar-refractivity contribution in [2.24, 2.45) is 4.99 Å². The molecule has 1 unspecified atom stereocenters. The van der Waals surface area contributed by atoms with Crippen LogP contribution in [0.2, 0.25) is 5.02 Å². The number of pyridine rings is 1. The summed E-state index contributed by atoms with van der Waals surface area (Å²) in [5.74, 6) is 1.09. The van der Waals surface area contributed by atoms with Gasteiger partial charge in [-0.1, -0.05) is 11.6 Å². The number of hydrogen-bond donors (Lipinski definition) is 2. The number of nitrogens with one attached hydrogen (secondary N) is 2. The molecule has 0 bridgehead atoms. The summed E-state index contributed by atoms with van der Waals surface area (Å²) < 4.78 is 38.2. The van der Waals surface area contributed by atoms with E-state index in [0.717, 1.165) is 38.2 Å². The van der Waals surface area contributed by atoms with Crippen LogP contribution in [-0.4, -0.2) is 69.2 Å². The van der Waals surface area contributed by atoms with Crippen molar-refractivity contribution in [2.45, 2.75) is 25.1 Å². The Morgan fingerprint density at radius 3 is 2.78 bits per heavy atom. The minimum absolute atomic E-state index is 0.0108. The summed E-state index contributed by atoms with van der Waals surface area (Å²) in [5, 5.41) is 6.62. The van der Waals surface area contributed by atoms with E-state index < -0.39 is 11.7 Å². The molecule has 2 N–H and O–H groups in total. The van der Waals surface area contributed by atoms with Crippen molar-refractivity contribution in [1.82, 2.24) is 20.5 Å². The van der Waals surface area contributed by atoms with Crippen LogP contribution in [0.25, 0.3) is 0 Å². The van der Waals surface area contributed by atoms with Crippen LogP contribution < -0.4 is 15.5 Å². The van der Waals surface area contributed by atoms with Crippen LogP contribution >= 0.6 is 11.6 Å². The van der Waals surface area contributed by atoms with Gasteiger partial charge in [0.15, 0.2) is 5.96 Å².